The van der Waals surface area contributed by atoms with Gasteiger partial charge < -0.3 is 10.4 Å². The molecule has 0 atom stereocenters. The monoisotopic (exact) mass is 349 g/mol. The van der Waals surface area contributed by atoms with Gasteiger partial charge in [0, 0.05) is 5.56 Å². The van der Waals surface area contributed by atoms with E-state index in [0.29, 0.717) is 17.2 Å². The highest BCUT2D eigenvalue weighted by molar-refractivity contribution is 6.07. The molecule has 1 aliphatic carbocycles. The topological polar surface area (TPSA) is 66.4 Å². The summed E-state index contributed by atoms with van der Waals surface area (Å²) in [4.78, 5) is 23.9. The molecular weight excluding hydrogens is 326 g/mol. The normalized spacial score (nSPS) is 15.1. The number of carbonyl (C=O) groups is 2. The fourth-order valence-corrected chi connectivity index (χ4v) is 3.31. The van der Waals surface area contributed by atoms with E-state index in [0.717, 1.165) is 5.56 Å². The summed E-state index contributed by atoms with van der Waals surface area (Å²) >= 11 is 0. The summed E-state index contributed by atoms with van der Waals surface area (Å²) in [5.41, 5.74) is 1.79. The molecule has 1 aliphatic rings. The fraction of sp³-hybridized carbons (Fsp3) is 0.273. The van der Waals surface area contributed by atoms with Crippen LogP contribution in [0.1, 0.15) is 58.4 Å². The number of carbonyl (C=O) groups excluding carboxylic acids is 1. The van der Waals surface area contributed by atoms with Gasteiger partial charge in [-0.25, -0.2) is 4.79 Å². The predicted molar refractivity (Wildman–Crippen MR) is 103 cm³/mol. The molecule has 0 aromatic heterocycles. The molecule has 4 nitrogen and oxygen atoms in total. The Morgan fingerprint density at radius 2 is 1.73 bits per heavy atom. The van der Waals surface area contributed by atoms with Gasteiger partial charge in [0.25, 0.3) is 5.91 Å². The minimum absolute atomic E-state index is 0.0871. The highest BCUT2D eigenvalue weighted by Crippen LogP contribution is 2.26. The molecule has 2 aromatic carbocycles. The molecule has 134 valence electrons. The van der Waals surface area contributed by atoms with Crippen LogP contribution in [0.3, 0.4) is 0 Å². The van der Waals surface area contributed by atoms with E-state index >= 15 is 0 Å². The van der Waals surface area contributed by atoms with Crippen molar-refractivity contribution in [3.63, 3.8) is 0 Å². The zero-order valence-electron chi connectivity index (χ0n) is 14.7. The second-order valence-electron chi connectivity index (χ2n) is 6.69. The number of nitrogens with one attached hydrogen (secondary N) is 1. The van der Waals surface area contributed by atoms with Crippen LogP contribution in [0.2, 0.25) is 0 Å². The summed E-state index contributed by atoms with van der Waals surface area (Å²) in [6.07, 6.45) is 10.5. The molecular formula is C22H23NO3. The molecule has 0 spiro atoms. The Hall–Kier alpha value is -2.88. The van der Waals surface area contributed by atoms with Gasteiger partial charge in [-0.05, 0) is 48.6 Å². The van der Waals surface area contributed by atoms with Crippen LogP contribution < -0.4 is 5.32 Å². The van der Waals surface area contributed by atoms with Crippen molar-refractivity contribution in [2.75, 3.05) is 5.32 Å². The first-order valence-corrected chi connectivity index (χ1v) is 9.05. The summed E-state index contributed by atoms with van der Waals surface area (Å²) in [5, 5.41) is 12.1. The Kier molecular flexibility index (Phi) is 5.84. The summed E-state index contributed by atoms with van der Waals surface area (Å²) in [7, 11) is 0. The van der Waals surface area contributed by atoms with Crippen LogP contribution >= 0.6 is 0 Å². The molecule has 4 heteroatoms. The van der Waals surface area contributed by atoms with Crippen LogP contribution in [0, 0.1) is 5.92 Å². The van der Waals surface area contributed by atoms with Crippen LogP contribution in [-0.4, -0.2) is 17.0 Å². The third-order valence-electron chi connectivity index (χ3n) is 4.77. The average Bonchev–Trinajstić information content (AvgIpc) is 2.68. The van der Waals surface area contributed by atoms with Gasteiger partial charge >= 0.3 is 5.97 Å². The highest BCUT2D eigenvalue weighted by atomic mass is 16.4. The molecule has 2 N–H and O–H groups in total. The SMILES string of the molecule is O=C(Nc1cc(C=CC2CCCCC2)ccc1C(=O)O)c1ccccc1. The number of amides is 1. The van der Waals surface area contributed by atoms with Crippen LogP contribution in [0.5, 0.6) is 0 Å². The smallest absolute Gasteiger partial charge is 0.337 e. The van der Waals surface area contributed by atoms with Crippen molar-refractivity contribution in [1.29, 1.82) is 0 Å². The van der Waals surface area contributed by atoms with E-state index in [4.69, 9.17) is 0 Å². The standard InChI is InChI=1S/C22H23NO3/c24-21(18-9-5-2-6-10-18)23-20-15-17(13-14-19(20)22(25)26)12-11-16-7-3-1-4-8-16/h2,5-6,9-16H,1,3-4,7-8H2,(H,23,24)(H,25,26). The minimum Gasteiger partial charge on any atom is -0.478 e. The summed E-state index contributed by atoms with van der Waals surface area (Å²) < 4.78 is 0. The second kappa shape index (κ2) is 8.48. The molecule has 0 aliphatic heterocycles. The zero-order valence-corrected chi connectivity index (χ0v) is 14.7. The van der Waals surface area contributed by atoms with Crippen molar-refractivity contribution in [2.24, 2.45) is 5.92 Å². The highest BCUT2D eigenvalue weighted by Gasteiger charge is 2.14. The third kappa shape index (κ3) is 4.60. The molecule has 0 saturated heterocycles. The Morgan fingerprint density at radius 1 is 1.00 bits per heavy atom. The third-order valence-corrected chi connectivity index (χ3v) is 4.77. The molecule has 1 saturated carbocycles. The zero-order chi connectivity index (χ0) is 18.4. The first kappa shape index (κ1) is 17.9. The first-order chi connectivity index (χ1) is 12.6. The van der Waals surface area contributed by atoms with Gasteiger partial charge in [-0.1, -0.05) is 55.7 Å². The van der Waals surface area contributed by atoms with E-state index in [1.54, 1.807) is 42.5 Å². The summed E-state index contributed by atoms with van der Waals surface area (Å²) in [6.45, 7) is 0. The molecule has 0 bridgehead atoms. The van der Waals surface area contributed by atoms with Crippen LogP contribution in [0.15, 0.2) is 54.6 Å². The number of rotatable bonds is 5. The van der Waals surface area contributed by atoms with E-state index < -0.39 is 5.97 Å². The van der Waals surface area contributed by atoms with Gasteiger partial charge in [0.1, 0.15) is 0 Å². The molecule has 0 heterocycles. The number of carboxylic acids is 1. The van der Waals surface area contributed by atoms with Gasteiger partial charge in [0.2, 0.25) is 0 Å². The lowest BCUT2D eigenvalue weighted by atomic mass is 9.88. The predicted octanol–water partition coefficient (Wildman–Crippen LogP) is 5.23. The van der Waals surface area contributed by atoms with Crippen molar-refractivity contribution in [2.45, 2.75) is 32.1 Å². The quantitative estimate of drug-likeness (QED) is 0.776. The summed E-state index contributed by atoms with van der Waals surface area (Å²) in [5.74, 6) is -0.789. The van der Waals surface area contributed by atoms with Crippen molar-refractivity contribution < 1.29 is 14.7 Å². The van der Waals surface area contributed by atoms with E-state index in [-0.39, 0.29) is 11.5 Å². The van der Waals surface area contributed by atoms with E-state index in [1.165, 1.54) is 32.1 Å². The maximum Gasteiger partial charge on any atom is 0.337 e. The number of hydrogen-bond donors (Lipinski definition) is 2. The van der Waals surface area contributed by atoms with Gasteiger partial charge in [-0.2, -0.15) is 0 Å². The van der Waals surface area contributed by atoms with E-state index in [1.807, 2.05) is 12.1 Å². The number of hydrogen-bond acceptors (Lipinski definition) is 2. The molecule has 0 unspecified atom stereocenters. The Bertz CT molecular complexity index is 805. The number of benzene rings is 2. The first-order valence-electron chi connectivity index (χ1n) is 9.05. The molecule has 3 rings (SSSR count). The van der Waals surface area contributed by atoms with Gasteiger partial charge in [0.05, 0.1) is 11.3 Å². The van der Waals surface area contributed by atoms with Crippen molar-refractivity contribution in [1.82, 2.24) is 0 Å². The van der Waals surface area contributed by atoms with Crippen molar-refractivity contribution in [3.05, 3.63) is 71.3 Å². The van der Waals surface area contributed by atoms with Crippen LogP contribution in [0.4, 0.5) is 5.69 Å². The second-order valence-corrected chi connectivity index (χ2v) is 6.69. The molecule has 0 radical (unpaired) electrons. The van der Waals surface area contributed by atoms with E-state index in [9.17, 15) is 14.7 Å². The Labute approximate surface area is 153 Å². The number of aromatic carboxylic acids is 1. The van der Waals surface area contributed by atoms with Crippen LogP contribution in [0.25, 0.3) is 6.08 Å². The molecule has 2 aromatic rings. The van der Waals surface area contributed by atoms with Gasteiger partial charge in [-0.15, -0.1) is 0 Å². The molecule has 1 amide bonds. The van der Waals surface area contributed by atoms with Gasteiger partial charge in [0.15, 0.2) is 0 Å². The van der Waals surface area contributed by atoms with Crippen LogP contribution in [-0.2, 0) is 0 Å². The number of carboxylic acid groups (broad SMARTS) is 1. The van der Waals surface area contributed by atoms with E-state index in [2.05, 4.69) is 11.4 Å². The average molecular weight is 349 g/mol. The lowest BCUT2D eigenvalue weighted by molar-refractivity contribution is 0.0698. The Balaban J connectivity index is 1.81. The maximum absolute atomic E-state index is 12.4. The maximum atomic E-state index is 12.4. The summed E-state index contributed by atoms with van der Waals surface area (Å²) in [6, 6.07) is 13.8. The van der Waals surface area contributed by atoms with Gasteiger partial charge in [-0.3, -0.25) is 4.79 Å². The molecule has 26 heavy (non-hydrogen) atoms. The van der Waals surface area contributed by atoms with Crippen molar-refractivity contribution >= 4 is 23.6 Å². The Morgan fingerprint density at radius 3 is 2.42 bits per heavy atom. The lowest BCUT2D eigenvalue weighted by Gasteiger charge is -2.17. The minimum atomic E-state index is -1.06. The fourth-order valence-electron chi connectivity index (χ4n) is 3.31. The largest absolute Gasteiger partial charge is 0.478 e. The number of anilines is 1. The van der Waals surface area contributed by atoms with Crippen molar-refractivity contribution in [3.8, 4) is 0 Å². The lowest BCUT2D eigenvalue weighted by Crippen LogP contribution is -2.14. The number of allylic oxidation sites excluding steroid dienone is 1. The molecule has 1 fully saturated rings.